The Labute approximate surface area is 142 Å². The highest BCUT2D eigenvalue weighted by atomic mass is 16.5. The van der Waals surface area contributed by atoms with Crippen molar-refractivity contribution in [2.75, 3.05) is 31.5 Å². The smallest absolute Gasteiger partial charge is 0.241 e. The molecule has 0 bridgehead atoms. The van der Waals surface area contributed by atoms with Crippen LogP contribution >= 0.6 is 0 Å². The summed E-state index contributed by atoms with van der Waals surface area (Å²) in [6.07, 6.45) is 0. The molecule has 1 aromatic heterocycles. The standard InChI is InChI=1S/C18H24N4O2/c1-14-12-17(20-24-14)13-21-8-10-22(11-9-21)15(2)18(23)19-16-6-4-3-5-7-16/h3-7,12,15H,8-11,13H2,1-2H3,(H,19,23)/t15-/m1/s1. The summed E-state index contributed by atoms with van der Waals surface area (Å²) < 4.78 is 5.11. The highest BCUT2D eigenvalue weighted by Crippen LogP contribution is 2.13. The number of nitrogens with one attached hydrogen (secondary N) is 1. The number of anilines is 1. The van der Waals surface area contributed by atoms with Gasteiger partial charge in [0.2, 0.25) is 5.91 Å². The number of hydrogen-bond acceptors (Lipinski definition) is 5. The number of aromatic nitrogens is 1. The maximum Gasteiger partial charge on any atom is 0.241 e. The van der Waals surface area contributed by atoms with E-state index in [9.17, 15) is 4.79 Å². The average molecular weight is 328 g/mol. The molecule has 128 valence electrons. The van der Waals surface area contributed by atoms with Crippen LogP contribution < -0.4 is 5.32 Å². The van der Waals surface area contributed by atoms with Gasteiger partial charge in [-0.2, -0.15) is 0 Å². The number of amides is 1. The lowest BCUT2D eigenvalue weighted by Gasteiger charge is -2.37. The number of piperazine rings is 1. The first-order valence-electron chi connectivity index (χ1n) is 8.36. The second kappa shape index (κ2) is 7.59. The van der Waals surface area contributed by atoms with Crippen LogP contribution in [0.15, 0.2) is 40.9 Å². The lowest BCUT2D eigenvalue weighted by atomic mass is 10.2. The van der Waals surface area contributed by atoms with Gasteiger partial charge < -0.3 is 9.84 Å². The van der Waals surface area contributed by atoms with Gasteiger partial charge in [-0.3, -0.25) is 14.6 Å². The molecule has 24 heavy (non-hydrogen) atoms. The van der Waals surface area contributed by atoms with Gasteiger partial charge in [-0.05, 0) is 26.0 Å². The molecule has 0 aliphatic carbocycles. The maximum absolute atomic E-state index is 12.4. The van der Waals surface area contributed by atoms with E-state index in [4.69, 9.17) is 4.52 Å². The van der Waals surface area contributed by atoms with Crippen molar-refractivity contribution >= 4 is 11.6 Å². The van der Waals surface area contributed by atoms with E-state index >= 15 is 0 Å². The molecule has 0 saturated carbocycles. The lowest BCUT2D eigenvalue weighted by molar-refractivity contribution is -0.121. The molecule has 1 amide bonds. The van der Waals surface area contributed by atoms with E-state index in [0.29, 0.717) is 0 Å². The Morgan fingerprint density at radius 3 is 2.58 bits per heavy atom. The summed E-state index contributed by atoms with van der Waals surface area (Å²) in [6, 6.07) is 11.4. The summed E-state index contributed by atoms with van der Waals surface area (Å²) in [4.78, 5) is 17.0. The monoisotopic (exact) mass is 328 g/mol. The molecule has 2 aromatic rings. The number of carbonyl (C=O) groups excluding carboxylic acids is 1. The largest absolute Gasteiger partial charge is 0.361 e. The molecule has 0 spiro atoms. The van der Waals surface area contributed by atoms with E-state index in [1.807, 2.05) is 50.2 Å². The molecular formula is C18H24N4O2. The summed E-state index contributed by atoms with van der Waals surface area (Å²) in [5.74, 6) is 0.886. The van der Waals surface area contributed by atoms with Crippen LogP contribution in [-0.2, 0) is 11.3 Å². The van der Waals surface area contributed by atoms with Crippen LogP contribution in [0.3, 0.4) is 0 Å². The molecule has 1 aliphatic rings. The molecule has 6 heteroatoms. The molecular weight excluding hydrogens is 304 g/mol. The minimum Gasteiger partial charge on any atom is -0.361 e. The van der Waals surface area contributed by atoms with E-state index in [0.717, 1.165) is 49.9 Å². The molecule has 0 unspecified atom stereocenters. The fraction of sp³-hybridized carbons (Fsp3) is 0.444. The van der Waals surface area contributed by atoms with E-state index < -0.39 is 0 Å². The third-order valence-electron chi connectivity index (χ3n) is 4.44. The first-order valence-corrected chi connectivity index (χ1v) is 8.36. The highest BCUT2D eigenvalue weighted by Gasteiger charge is 2.25. The van der Waals surface area contributed by atoms with Crippen LogP contribution in [0.2, 0.25) is 0 Å². The summed E-state index contributed by atoms with van der Waals surface area (Å²) in [5, 5.41) is 7.02. The molecule has 1 aromatic carbocycles. The minimum atomic E-state index is -0.137. The average Bonchev–Trinajstić information content (AvgIpc) is 3.00. The van der Waals surface area contributed by atoms with Gasteiger partial charge in [-0.25, -0.2) is 0 Å². The predicted molar refractivity (Wildman–Crippen MR) is 92.6 cm³/mol. The van der Waals surface area contributed by atoms with Crippen LogP contribution in [0, 0.1) is 6.92 Å². The third kappa shape index (κ3) is 4.21. The Kier molecular flexibility index (Phi) is 5.27. The van der Waals surface area contributed by atoms with Gasteiger partial charge in [0.1, 0.15) is 5.76 Å². The molecule has 1 aliphatic heterocycles. The second-order valence-electron chi connectivity index (χ2n) is 6.27. The quantitative estimate of drug-likeness (QED) is 0.911. The normalized spacial score (nSPS) is 17.6. The molecule has 2 heterocycles. The number of para-hydroxylation sites is 1. The number of aryl methyl sites for hydroxylation is 1. The predicted octanol–water partition coefficient (Wildman–Crippen LogP) is 2.13. The van der Waals surface area contributed by atoms with E-state index in [-0.39, 0.29) is 11.9 Å². The van der Waals surface area contributed by atoms with Gasteiger partial charge in [-0.1, -0.05) is 23.4 Å². The lowest BCUT2D eigenvalue weighted by Crippen LogP contribution is -2.52. The van der Waals surface area contributed by atoms with Gasteiger partial charge in [0.05, 0.1) is 11.7 Å². The summed E-state index contributed by atoms with van der Waals surface area (Å²) in [5.41, 5.74) is 1.81. The van der Waals surface area contributed by atoms with Gasteiger partial charge in [0.25, 0.3) is 0 Å². The topological polar surface area (TPSA) is 61.6 Å². The van der Waals surface area contributed by atoms with Crippen molar-refractivity contribution in [1.29, 1.82) is 0 Å². The summed E-state index contributed by atoms with van der Waals surface area (Å²) in [7, 11) is 0. The SMILES string of the molecule is Cc1cc(CN2CCN([C@H](C)C(=O)Nc3ccccc3)CC2)no1. The molecule has 1 saturated heterocycles. The van der Waals surface area contributed by atoms with Gasteiger partial charge in [-0.15, -0.1) is 0 Å². The van der Waals surface area contributed by atoms with E-state index in [1.54, 1.807) is 0 Å². The summed E-state index contributed by atoms with van der Waals surface area (Å²) in [6.45, 7) is 8.27. The van der Waals surface area contributed by atoms with Gasteiger partial charge in [0.15, 0.2) is 0 Å². The first kappa shape index (κ1) is 16.7. The fourth-order valence-corrected chi connectivity index (χ4v) is 2.96. The van der Waals surface area contributed by atoms with Crippen molar-refractivity contribution in [3.05, 3.63) is 47.9 Å². The van der Waals surface area contributed by atoms with Gasteiger partial charge >= 0.3 is 0 Å². The molecule has 6 nitrogen and oxygen atoms in total. The Bertz CT molecular complexity index is 663. The van der Waals surface area contributed by atoms with Crippen molar-refractivity contribution < 1.29 is 9.32 Å². The highest BCUT2D eigenvalue weighted by molar-refractivity contribution is 5.94. The van der Waals surface area contributed by atoms with Crippen molar-refractivity contribution in [1.82, 2.24) is 15.0 Å². The zero-order chi connectivity index (χ0) is 16.9. The Balaban J connectivity index is 1.47. The second-order valence-corrected chi connectivity index (χ2v) is 6.27. The van der Waals surface area contributed by atoms with Gasteiger partial charge in [0, 0.05) is 44.5 Å². The summed E-state index contributed by atoms with van der Waals surface area (Å²) >= 11 is 0. The van der Waals surface area contributed by atoms with Crippen molar-refractivity contribution in [2.45, 2.75) is 26.4 Å². The van der Waals surface area contributed by atoms with E-state index in [1.165, 1.54) is 0 Å². The number of nitrogens with zero attached hydrogens (tertiary/aromatic N) is 3. The van der Waals surface area contributed by atoms with Crippen LogP contribution in [0.25, 0.3) is 0 Å². The van der Waals surface area contributed by atoms with Crippen LogP contribution in [0.4, 0.5) is 5.69 Å². The Hall–Kier alpha value is -2.18. The van der Waals surface area contributed by atoms with Crippen LogP contribution in [0.1, 0.15) is 18.4 Å². The van der Waals surface area contributed by atoms with Crippen molar-refractivity contribution in [3.63, 3.8) is 0 Å². The van der Waals surface area contributed by atoms with E-state index in [2.05, 4.69) is 20.3 Å². The van der Waals surface area contributed by atoms with Crippen molar-refractivity contribution in [3.8, 4) is 0 Å². The molecule has 0 radical (unpaired) electrons. The Morgan fingerprint density at radius 1 is 1.25 bits per heavy atom. The number of benzene rings is 1. The van der Waals surface area contributed by atoms with Crippen LogP contribution in [0.5, 0.6) is 0 Å². The number of hydrogen-bond donors (Lipinski definition) is 1. The molecule has 1 atom stereocenters. The molecule has 1 fully saturated rings. The Morgan fingerprint density at radius 2 is 1.96 bits per heavy atom. The zero-order valence-electron chi connectivity index (χ0n) is 14.2. The van der Waals surface area contributed by atoms with Crippen molar-refractivity contribution in [2.24, 2.45) is 0 Å². The third-order valence-corrected chi connectivity index (χ3v) is 4.44. The molecule has 3 rings (SSSR count). The fourth-order valence-electron chi connectivity index (χ4n) is 2.96. The number of rotatable bonds is 5. The number of carbonyl (C=O) groups is 1. The zero-order valence-corrected chi connectivity index (χ0v) is 14.2. The molecule has 1 N–H and O–H groups in total. The maximum atomic E-state index is 12.4. The first-order chi connectivity index (χ1) is 11.6. The van der Waals surface area contributed by atoms with Crippen LogP contribution in [-0.4, -0.2) is 53.1 Å². The minimum absolute atomic E-state index is 0.0433.